The van der Waals surface area contributed by atoms with Gasteiger partial charge in [-0.05, 0) is 29.8 Å². The van der Waals surface area contributed by atoms with E-state index in [0.29, 0.717) is 16.3 Å². The van der Waals surface area contributed by atoms with Gasteiger partial charge in [0.2, 0.25) is 0 Å². The minimum Gasteiger partial charge on any atom is -0.363 e. The van der Waals surface area contributed by atoms with Gasteiger partial charge < -0.3 is 10.6 Å². The Bertz CT molecular complexity index is 1130. The maximum absolute atomic E-state index is 13.8. The zero-order chi connectivity index (χ0) is 22.3. The molecule has 31 heavy (non-hydrogen) atoms. The summed E-state index contributed by atoms with van der Waals surface area (Å²) in [7, 11) is 0. The van der Waals surface area contributed by atoms with Crippen LogP contribution in [0, 0.1) is 11.6 Å². The van der Waals surface area contributed by atoms with Crippen molar-refractivity contribution in [3.63, 3.8) is 0 Å². The highest BCUT2D eigenvalue weighted by Gasteiger charge is 2.46. The van der Waals surface area contributed by atoms with Crippen LogP contribution in [0.3, 0.4) is 0 Å². The van der Waals surface area contributed by atoms with Gasteiger partial charge in [0.1, 0.15) is 17.5 Å². The molecule has 0 aliphatic carbocycles. The normalized spacial score (nSPS) is 18.3. The molecule has 0 unspecified atom stereocenters. The van der Waals surface area contributed by atoms with E-state index in [-0.39, 0.29) is 23.6 Å². The Morgan fingerprint density at radius 3 is 2.48 bits per heavy atom. The molecule has 1 amide bonds. The molecule has 0 saturated carbocycles. The van der Waals surface area contributed by atoms with Crippen LogP contribution in [-0.2, 0) is 0 Å². The molecule has 2 N–H and O–H groups in total. The number of hydrogen-bond donors (Lipinski definition) is 2. The zero-order valence-electron chi connectivity index (χ0n) is 15.6. The monoisotopic (exact) mass is 500 g/mol. The van der Waals surface area contributed by atoms with Crippen molar-refractivity contribution in [1.29, 1.82) is 0 Å². The lowest BCUT2D eigenvalue weighted by molar-refractivity contribution is -0.173. The van der Waals surface area contributed by atoms with Gasteiger partial charge in [-0.1, -0.05) is 28.1 Å². The maximum atomic E-state index is 13.8. The summed E-state index contributed by atoms with van der Waals surface area (Å²) in [5.41, 5.74) is -0.00772. The molecular weight excluding hydrogens is 487 g/mol. The van der Waals surface area contributed by atoms with Crippen LogP contribution in [0.4, 0.5) is 33.5 Å². The number of rotatable bonds is 3. The molecule has 0 fully saturated rings. The zero-order valence-corrected chi connectivity index (χ0v) is 17.1. The van der Waals surface area contributed by atoms with Crippen molar-refractivity contribution >= 4 is 33.3 Å². The van der Waals surface area contributed by atoms with Crippen LogP contribution in [-0.4, -0.2) is 21.9 Å². The minimum absolute atomic E-state index is 0.00576. The molecule has 1 aliphatic heterocycles. The first kappa shape index (κ1) is 21.3. The van der Waals surface area contributed by atoms with Gasteiger partial charge in [-0.25, -0.2) is 13.5 Å². The lowest BCUT2D eigenvalue weighted by atomic mass is 9.97. The molecule has 1 aromatic heterocycles. The van der Waals surface area contributed by atoms with Crippen LogP contribution in [0.15, 0.2) is 53.0 Å². The first-order valence-corrected chi connectivity index (χ1v) is 9.86. The number of amides is 1. The smallest absolute Gasteiger partial charge is 0.363 e. The van der Waals surface area contributed by atoms with E-state index in [9.17, 15) is 26.7 Å². The molecule has 2 atom stereocenters. The predicted octanol–water partition coefficient (Wildman–Crippen LogP) is 5.84. The van der Waals surface area contributed by atoms with Gasteiger partial charge in [0.05, 0.1) is 11.7 Å². The maximum Gasteiger partial charge on any atom is 0.410 e. The summed E-state index contributed by atoms with van der Waals surface area (Å²) in [6.45, 7) is 0. The lowest BCUT2D eigenvalue weighted by Crippen LogP contribution is -2.35. The average Bonchev–Trinajstić information content (AvgIpc) is 3.13. The van der Waals surface area contributed by atoms with E-state index >= 15 is 0 Å². The summed E-state index contributed by atoms with van der Waals surface area (Å²) < 4.78 is 69.5. The summed E-state index contributed by atoms with van der Waals surface area (Å²) in [5, 5.41) is 8.97. The van der Waals surface area contributed by atoms with E-state index in [0.717, 1.165) is 16.6 Å². The van der Waals surface area contributed by atoms with E-state index in [1.165, 1.54) is 6.07 Å². The van der Waals surface area contributed by atoms with Crippen molar-refractivity contribution in [3.8, 4) is 0 Å². The highest BCUT2D eigenvalue weighted by Crippen LogP contribution is 2.43. The van der Waals surface area contributed by atoms with E-state index in [1.54, 1.807) is 24.3 Å². The third-order valence-electron chi connectivity index (χ3n) is 4.87. The van der Waals surface area contributed by atoms with Gasteiger partial charge in [0.25, 0.3) is 5.91 Å². The van der Waals surface area contributed by atoms with Crippen molar-refractivity contribution in [3.05, 3.63) is 75.9 Å². The fourth-order valence-electron chi connectivity index (χ4n) is 3.38. The second-order valence-electron chi connectivity index (χ2n) is 6.98. The number of anilines is 2. The van der Waals surface area contributed by atoms with Gasteiger partial charge in [-0.3, -0.25) is 4.79 Å². The van der Waals surface area contributed by atoms with Gasteiger partial charge >= 0.3 is 6.18 Å². The molecule has 5 nitrogen and oxygen atoms in total. The van der Waals surface area contributed by atoms with Crippen LogP contribution in [0.25, 0.3) is 0 Å². The van der Waals surface area contributed by atoms with E-state index in [1.807, 2.05) is 0 Å². The molecule has 162 valence electrons. The molecule has 1 aliphatic rings. The highest BCUT2D eigenvalue weighted by atomic mass is 79.9. The van der Waals surface area contributed by atoms with Gasteiger partial charge in [-0.15, -0.1) is 0 Å². The van der Waals surface area contributed by atoms with Crippen molar-refractivity contribution in [2.75, 3.05) is 10.6 Å². The minimum atomic E-state index is -4.60. The molecule has 0 radical (unpaired) electrons. The Morgan fingerprint density at radius 2 is 1.84 bits per heavy atom. The van der Waals surface area contributed by atoms with Crippen molar-refractivity contribution in [1.82, 2.24) is 9.78 Å². The SMILES string of the molecule is O=C(Nc1ccc(F)cc1F)c1cc2n(n1)[C@H](C(F)(F)F)C[C@@H](c1ccc(Br)cc1)N2. The lowest BCUT2D eigenvalue weighted by Gasteiger charge is -2.33. The Kier molecular flexibility index (Phi) is 5.46. The number of halogens is 6. The Morgan fingerprint density at radius 1 is 1.13 bits per heavy atom. The Hall–Kier alpha value is -2.95. The van der Waals surface area contributed by atoms with Crippen molar-refractivity contribution < 1.29 is 26.7 Å². The standard InChI is InChI=1S/C20H14BrF5N4O/c21-11-3-1-10(2-4-11)15-8-17(20(24,25)26)30-18(27-15)9-16(29-30)19(31)28-14-6-5-12(22)7-13(14)23/h1-7,9,15,17,27H,8H2,(H,28,31)/t15-,17-/m0/s1. The van der Waals surface area contributed by atoms with Crippen LogP contribution in [0.5, 0.6) is 0 Å². The largest absolute Gasteiger partial charge is 0.410 e. The molecule has 4 rings (SSSR count). The van der Waals surface area contributed by atoms with E-state index < -0.39 is 35.8 Å². The summed E-state index contributed by atoms with van der Waals surface area (Å²) in [4.78, 5) is 12.5. The fraction of sp³-hybridized carbons (Fsp3) is 0.200. The van der Waals surface area contributed by atoms with Crippen molar-refractivity contribution in [2.45, 2.75) is 24.7 Å². The highest BCUT2D eigenvalue weighted by molar-refractivity contribution is 9.10. The summed E-state index contributed by atoms with van der Waals surface area (Å²) >= 11 is 3.29. The number of nitrogens with one attached hydrogen (secondary N) is 2. The first-order chi connectivity index (χ1) is 14.6. The van der Waals surface area contributed by atoms with E-state index in [2.05, 4.69) is 31.7 Å². The van der Waals surface area contributed by atoms with Crippen molar-refractivity contribution in [2.24, 2.45) is 0 Å². The number of aromatic nitrogens is 2. The second kappa shape index (κ2) is 7.95. The molecule has 2 heterocycles. The molecule has 3 aromatic rings. The number of carbonyl (C=O) groups is 1. The third kappa shape index (κ3) is 4.41. The quantitative estimate of drug-likeness (QED) is 0.444. The van der Waals surface area contributed by atoms with Gasteiger partial charge in [0.15, 0.2) is 11.7 Å². The third-order valence-corrected chi connectivity index (χ3v) is 5.40. The number of alkyl halides is 3. The molecule has 0 spiro atoms. The summed E-state index contributed by atoms with van der Waals surface area (Å²) in [6.07, 6.45) is -4.93. The molecule has 0 saturated heterocycles. The van der Waals surface area contributed by atoms with Crippen LogP contribution < -0.4 is 10.6 Å². The number of fused-ring (bicyclic) bond motifs is 1. The van der Waals surface area contributed by atoms with Crippen LogP contribution >= 0.6 is 15.9 Å². The van der Waals surface area contributed by atoms with Gasteiger partial charge in [0, 0.05) is 23.0 Å². The molecule has 0 bridgehead atoms. The Labute approximate surface area is 181 Å². The molecular formula is C20H14BrF5N4O. The summed E-state index contributed by atoms with van der Waals surface area (Å²) in [5.74, 6) is -2.76. The summed E-state index contributed by atoms with van der Waals surface area (Å²) in [6, 6.07) is 7.94. The molecule has 2 aromatic carbocycles. The van der Waals surface area contributed by atoms with Gasteiger partial charge in [-0.2, -0.15) is 18.3 Å². The second-order valence-corrected chi connectivity index (χ2v) is 7.89. The number of hydrogen-bond acceptors (Lipinski definition) is 3. The number of nitrogens with zero attached hydrogens (tertiary/aromatic N) is 2. The van der Waals surface area contributed by atoms with Crippen LogP contribution in [0.2, 0.25) is 0 Å². The first-order valence-electron chi connectivity index (χ1n) is 9.06. The fourth-order valence-corrected chi connectivity index (χ4v) is 3.64. The Balaban J connectivity index is 1.64. The number of carbonyl (C=O) groups excluding carboxylic acids is 1. The average molecular weight is 501 g/mol. The topological polar surface area (TPSA) is 59.0 Å². The van der Waals surface area contributed by atoms with Crippen LogP contribution in [0.1, 0.15) is 34.6 Å². The molecule has 11 heteroatoms. The number of benzene rings is 2. The predicted molar refractivity (Wildman–Crippen MR) is 107 cm³/mol. The van der Waals surface area contributed by atoms with E-state index in [4.69, 9.17) is 0 Å².